The highest BCUT2D eigenvalue weighted by Gasteiger charge is 2.34. The van der Waals surface area contributed by atoms with E-state index in [-0.39, 0.29) is 11.4 Å². The maximum absolute atomic E-state index is 13.3. The van der Waals surface area contributed by atoms with E-state index < -0.39 is 22.2 Å². The van der Waals surface area contributed by atoms with E-state index in [4.69, 9.17) is 0 Å². The van der Waals surface area contributed by atoms with Gasteiger partial charge in [0.2, 0.25) is 10.0 Å². The molecule has 3 aromatic rings. The summed E-state index contributed by atoms with van der Waals surface area (Å²) < 4.78 is 28.2. The second kappa shape index (κ2) is 9.83. The van der Waals surface area contributed by atoms with Gasteiger partial charge in [0.1, 0.15) is 0 Å². The van der Waals surface area contributed by atoms with Crippen molar-refractivity contribution in [2.24, 2.45) is 0 Å². The van der Waals surface area contributed by atoms with Gasteiger partial charge in [-0.3, -0.25) is 5.01 Å². The van der Waals surface area contributed by atoms with E-state index in [9.17, 15) is 13.5 Å². The van der Waals surface area contributed by atoms with Crippen LogP contribution in [-0.4, -0.2) is 43.1 Å². The van der Waals surface area contributed by atoms with Gasteiger partial charge in [0.05, 0.1) is 28.4 Å². The number of aliphatic hydroxyl groups is 1. The number of aliphatic hydroxyl groups excluding tert-OH is 1. The predicted molar refractivity (Wildman–Crippen MR) is 127 cm³/mol. The Balaban J connectivity index is 1.62. The van der Waals surface area contributed by atoms with E-state index in [1.165, 1.54) is 4.31 Å². The molecular formula is C25H29N3O3S. The Labute approximate surface area is 190 Å². The van der Waals surface area contributed by atoms with Crippen LogP contribution in [0.4, 0.5) is 11.4 Å². The van der Waals surface area contributed by atoms with Crippen LogP contribution in [0.1, 0.15) is 18.4 Å². The van der Waals surface area contributed by atoms with Crippen LogP contribution in [0.2, 0.25) is 0 Å². The Hall–Kier alpha value is -2.71. The van der Waals surface area contributed by atoms with Gasteiger partial charge in [0.25, 0.3) is 0 Å². The van der Waals surface area contributed by atoms with Crippen molar-refractivity contribution in [1.29, 1.82) is 0 Å². The van der Waals surface area contributed by atoms with E-state index in [0.717, 1.165) is 16.9 Å². The zero-order chi connectivity index (χ0) is 22.6. The number of rotatable bonds is 6. The lowest BCUT2D eigenvalue weighted by molar-refractivity contribution is 0.121. The molecule has 0 unspecified atom stereocenters. The molecule has 2 N–H and O–H groups in total. The number of hydrogen-bond acceptors (Lipinski definition) is 5. The number of benzene rings is 3. The Morgan fingerprint density at radius 2 is 1.47 bits per heavy atom. The van der Waals surface area contributed by atoms with E-state index in [0.29, 0.717) is 19.4 Å². The fourth-order valence-electron chi connectivity index (χ4n) is 3.93. The third-order valence-electron chi connectivity index (χ3n) is 5.75. The summed E-state index contributed by atoms with van der Waals surface area (Å²) in [5.41, 5.74) is 6.24. The third kappa shape index (κ3) is 5.02. The van der Waals surface area contributed by atoms with Crippen LogP contribution in [0.25, 0.3) is 0 Å². The molecule has 0 aromatic heterocycles. The minimum atomic E-state index is -3.66. The van der Waals surface area contributed by atoms with Crippen molar-refractivity contribution in [2.45, 2.75) is 36.8 Å². The van der Waals surface area contributed by atoms with Crippen molar-refractivity contribution in [1.82, 2.24) is 9.73 Å². The smallest absolute Gasteiger partial charge is 0.243 e. The molecule has 7 heteroatoms. The topological polar surface area (TPSA) is 72.9 Å². The van der Waals surface area contributed by atoms with Gasteiger partial charge in [-0.05, 0) is 56.2 Å². The van der Waals surface area contributed by atoms with E-state index >= 15 is 0 Å². The van der Waals surface area contributed by atoms with Gasteiger partial charge in [0, 0.05) is 13.1 Å². The number of nitrogens with one attached hydrogen (secondary N) is 1. The summed E-state index contributed by atoms with van der Waals surface area (Å²) >= 11 is 0. The molecule has 1 saturated heterocycles. The van der Waals surface area contributed by atoms with Crippen LogP contribution in [0, 0.1) is 6.92 Å². The lowest BCUT2D eigenvalue weighted by Gasteiger charge is -2.34. The first-order valence-corrected chi connectivity index (χ1v) is 12.3. The van der Waals surface area contributed by atoms with Crippen molar-refractivity contribution < 1.29 is 13.5 Å². The second-order valence-electron chi connectivity index (χ2n) is 8.13. The monoisotopic (exact) mass is 451 g/mol. The summed E-state index contributed by atoms with van der Waals surface area (Å²) in [5.74, 6) is 0. The molecule has 2 atom stereocenters. The van der Waals surface area contributed by atoms with Gasteiger partial charge in [0.15, 0.2) is 0 Å². The fourth-order valence-corrected chi connectivity index (χ4v) is 5.44. The van der Waals surface area contributed by atoms with Crippen LogP contribution in [-0.2, 0) is 10.0 Å². The van der Waals surface area contributed by atoms with Crippen molar-refractivity contribution >= 4 is 21.4 Å². The lowest BCUT2D eigenvalue weighted by atomic mass is 10.1. The first-order chi connectivity index (χ1) is 15.4. The van der Waals surface area contributed by atoms with Gasteiger partial charge in [-0.2, -0.15) is 4.31 Å². The van der Waals surface area contributed by atoms with Crippen molar-refractivity contribution in [3.05, 3.63) is 90.5 Å². The standard InChI is InChI=1S/C25H29N3O3S/c1-20-14-16-23(17-15-20)32(30,31)27-18-8-13-25(29)24(19-27)26-28(21-9-4-2-5-10-21)22-11-6-3-7-12-22/h2-7,9-12,14-17,24-26,29H,8,13,18-19H2,1H3/t24-,25-/m1/s1. The number of hydrogen-bond donors (Lipinski definition) is 2. The summed E-state index contributed by atoms with van der Waals surface area (Å²) in [5, 5.41) is 12.8. The number of hydrazine groups is 1. The molecule has 1 heterocycles. The van der Waals surface area contributed by atoms with Gasteiger partial charge in [-0.1, -0.05) is 54.1 Å². The molecule has 168 valence electrons. The molecule has 0 bridgehead atoms. The van der Waals surface area contributed by atoms with Crippen LogP contribution in [0.5, 0.6) is 0 Å². The zero-order valence-corrected chi connectivity index (χ0v) is 18.9. The first kappa shape index (κ1) is 22.5. The van der Waals surface area contributed by atoms with Crippen LogP contribution in [0.3, 0.4) is 0 Å². The molecule has 6 nitrogen and oxygen atoms in total. The molecule has 1 aliphatic rings. The molecular weight excluding hydrogens is 422 g/mol. The first-order valence-electron chi connectivity index (χ1n) is 10.9. The Bertz CT molecular complexity index is 1070. The largest absolute Gasteiger partial charge is 0.391 e. The number of para-hydroxylation sites is 2. The molecule has 1 fully saturated rings. The summed E-state index contributed by atoms with van der Waals surface area (Å²) in [7, 11) is -3.66. The van der Waals surface area contributed by atoms with Crippen molar-refractivity contribution in [2.75, 3.05) is 18.1 Å². The summed E-state index contributed by atoms with van der Waals surface area (Å²) in [4.78, 5) is 0.279. The highest BCUT2D eigenvalue weighted by atomic mass is 32.2. The van der Waals surface area contributed by atoms with Gasteiger partial charge < -0.3 is 5.11 Å². The normalized spacial score (nSPS) is 19.9. The molecule has 0 aliphatic carbocycles. The summed E-state index contributed by atoms with van der Waals surface area (Å²) in [6, 6.07) is 26.0. The molecule has 3 aromatic carbocycles. The third-order valence-corrected chi connectivity index (χ3v) is 7.63. The molecule has 0 radical (unpaired) electrons. The number of sulfonamides is 1. The van der Waals surface area contributed by atoms with E-state index in [1.807, 2.05) is 84.7 Å². The van der Waals surface area contributed by atoms with E-state index in [1.54, 1.807) is 12.1 Å². The van der Waals surface area contributed by atoms with Gasteiger partial charge in [-0.25, -0.2) is 13.8 Å². The van der Waals surface area contributed by atoms with Crippen LogP contribution >= 0.6 is 0 Å². The Morgan fingerprint density at radius 1 is 0.906 bits per heavy atom. The zero-order valence-electron chi connectivity index (χ0n) is 18.1. The molecule has 1 aliphatic heterocycles. The lowest BCUT2D eigenvalue weighted by Crippen LogP contribution is -2.53. The summed E-state index contributed by atoms with van der Waals surface area (Å²) in [6.07, 6.45) is 0.444. The second-order valence-corrected chi connectivity index (χ2v) is 10.1. The molecule has 32 heavy (non-hydrogen) atoms. The quantitative estimate of drug-likeness (QED) is 0.557. The molecule has 4 rings (SSSR count). The van der Waals surface area contributed by atoms with Gasteiger partial charge in [-0.15, -0.1) is 0 Å². The molecule has 0 saturated carbocycles. The molecule has 0 amide bonds. The average Bonchev–Trinajstić information content (AvgIpc) is 3.00. The highest BCUT2D eigenvalue weighted by molar-refractivity contribution is 7.89. The summed E-state index contributed by atoms with van der Waals surface area (Å²) in [6.45, 7) is 2.48. The fraction of sp³-hybridized carbons (Fsp3) is 0.280. The average molecular weight is 452 g/mol. The van der Waals surface area contributed by atoms with Gasteiger partial charge >= 0.3 is 0 Å². The maximum Gasteiger partial charge on any atom is 0.243 e. The van der Waals surface area contributed by atoms with Crippen molar-refractivity contribution in [3.8, 4) is 0 Å². The Kier molecular flexibility index (Phi) is 6.91. The number of aryl methyl sites for hydroxylation is 1. The minimum absolute atomic E-state index is 0.174. The van der Waals surface area contributed by atoms with Crippen LogP contribution in [0.15, 0.2) is 89.8 Å². The number of anilines is 2. The minimum Gasteiger partial charge on any atom is -0.391 e. The highest BCUT2D eigenvalue weighted by Crippen LogP contribution is 2.26. The van der Waals surface area contributed by atoms with Crippen LogP contribution < -0.4 is 10.4 Å². The predicted octanol–water partition coefficient (Wildman–Crippen LogP) is 3.85. The molecule has 0 spiro atoms. The van der Waals surface area contributed by atoms with Crippen molar-refractivity contribution in [3.63, 3.8) is 0 Å². The van der Waals surface area contributed by atoms with E-state index in [2.05, 4.69) is 5.43 Å². The maximum atomic E-state index is 13.3. The SMILES string of the molecule is Cc1ccc(S(=O)(=O)N2CCC[C@@H](O)[C@H](NN(c3ccccc3)c3ccccc3)C2)cc1. The number of nitrogens with zero attached hydrogens (tertiary/aromatic N) is 2. The Morgan fingerprint density at radius 3 is 2.03 bits per heavy atom.